The van der Waals surface area contributed by atoms with Gasteiger partial charge in [-0.05, 0) is 55.3 Å². The number of amides is 1. The molecule has 0 bridgehead atoms. The molecule has 26 heavy (non-hydrogen) atoms. The van der Waals surface area contributed by atoms with Gasteiger partial charge in [-0.15, -0.1) is 11.3 Å². The quantitative estimate of drug-likeness (QED) is 0.484. The summed E-state index contributed by atoms with van der Waals surface area (Å²) in [5.74, 6) is -0.255. The molecule has 0 fully saturated rings. The summed E-state index contributed by atoms with van der Waals surface area (Å²) < 4.78 is 3.15. The average Bonchev–Trinajstić information content (AvgIpc) is 3.00. The Morgan fingerprint density at radius 2 is 1.77 bits per heavy atom. The predicted molar refractivity (Wildman–Crippen MR) is 112 cm³/mol. The molecular weight excluding hydrogens is 432 g/mol. The van der Waals surface area contributed by atoms with Gasteiger partial charge >= 0.3 is 0 Å². The third-order valence-corrected chi connectivity index (χ3v) is 6.03. The maximum atomic E-state index is 12.6. The standard InChI is InChI=1S/C20H18BrClN2OS/c1-3-17-18(13-5-9-15(21)10-6-13)24(4-2)20(26-17)23-19(25)14-7-11-16(22)12-8-14/h5-12H,3-4H2,1-2H3. The number of benzene rings is 2. The van der Waals surface area contributed by atoms with Crippen molar-refractivity contribution in [3.05, 3.63) is 73.3 Å². The third-order valence-electron chi connectivity index (χ3n) is 4.02. The first-order chi connectivity index (χ1) is 12.5. The number of hydrogen-bond donors (Lipinski definition) is 0. The molecule has 0 aliphatic heterocycles. The van der Waals surface area contributed by atoms with Crippen LogP contribution in [0.3, 0.4) is 0 Å². The zero-order chi connectivity index (χ0) is 18.7. The van der Waals surface area contributed by atoms with E-state index in [1.807, 2.05) is 12.1 Å². The summed E-state index contributed by atoms with van der Waals surface area (Å²) in [6.45, 7) is 4.94. The van der Waals surface area contributed by atoms with Crippen LogP contribution < -0.4 is 4.80 Å². The van der Waals surface area contributed by atoms with Gasteiger partial charge < -0.3 is 4.57 Å². The number of halogens is 2. The van der Waals surface area contributed by atoms with Crippen LogP contribution in [0.1, 0.15) is 29.1 Å². The van der Waals surface area contributed by atoms with Crippen molar-refractivity contribution in [3.63, 3.8) is 0 Å². The number of rotatable bonds is 4. The van der Waals surface area contributed by atoms with Crippen molar-refractivity contribution in [3.8, 4) is 11.3 Å². The fourth-order valence-corrected chi connectivity index (χ4v) is 4.28. The summed E-state index contributed by atoms with van der Waals surface area (Å²) in [7, 11) is 0. The summed E-state index contributed by atoms with van der Waals surface area (Å²) in [6.07, 6.45) is 0.890. The van der Waals surface area contributed by atoms with Gasteiger partial charge in [0.1, 0.15) is 0 Å². The Morgan fingerprint density at radius 3 is 2.35 bits per heavy atom. The van der Waals surface area contributed by atoms with E-state index in [4.69, 9.17) is 11.6 Å². The second kappa shape index (κ2) is 8.33. The Labute approximate surface area is 170 Å². The van der Waals surface area contributed by atoms with Gasteiger partial charge in [-0.25, -0.2) is 0 Å². The van der Waals surface area contributed by atoms with Crippen LogP contribution >= 0.6 is 38.9 Å². The van der Waals surface area contributed by atoms with Crippen LogP contribution in [0.4, 0.5) is 0 Å². The van der Waals surface area contributed by atoms with Crippen LogP contribution in [0, 0.1) is 0 Å². The second-order valence-electron chi connectivity index (χ2n) is 5.68. The van der Waals surface area contributed by atoms with Crippen molar-refractivity contribution < 1.29 is 4.79 Å². The number of nitrogens with zero attached hydrogens (tertiary/aromatic N) is 2. The van der Waals surface area contributed by atoms with E-state index >= 15 is 0 Å². The first-order valence-electron chi connectivity index (χ1n) is 8.36. The summed E-state index contributed by atoms with van der Waals surface area (Å²) in [5, 5.41) is 0.604. The molecule has 0 saturated heterocycles. The van der Waals surface area contributed by atoms with Gasteiger partial charge in [0.2, 0.25) is 0 Å². The summed E-state index contributed by atoms with van der Waals surface area (Å²) >= 11 is 11.0. The van der Waals surface area contributed by atoms with Crippen molar-refractivity contribution in [2.24, 2.45) is 4.99 Å². The molecule has 6 heteroatoms. The number of carbonyl (C=O) groups is 1. The van der Waals surface area contributed by atoms with E-state index in [-0.39, 0.29) is 5.91 Å². The van der Waals surface area contributed by atoms with Crippen LogP contribution in [0.5, 0.6) is 0 Å². The van der Waals surface area contributed by atoms with Gasteiger partial charge in [-0.1, -0.05) is 46.6 Å². The van der Waals surface area contributed by atoms with E-state index in [9.17, 15) is 4.79 Å². The van der Waals surface area contributed by atoms with Crippen molar-refractivity contribution in [1.82, 2.24) is 4.57 Å². The third kappa shape index (κ3) is 4.00. The van der Waals surface area contributed by atoms with Crippen LogP contribution in [-0.2, 0) is 13.0 Å². The Kier molecular flexibility index (Phi) is 6.12. The van der Waals surface area contributed by atoms with Gasteiger partial charge in [-0.2, -0.15) is 4.99 Å². The molecule has 3 nitrogen and oxygen atoms in total. The molecule has 0 atom stereocenters. The Balaban J connectivity index is 2.12. The first-order valence-corrected chi connectivity index (χ1v) is 10.3. The molecule has 0 spiro atoms. The lowest BCUT2D eigenvalue weighted by atomic mass is 10.1. The largest absolute Gasteiger partial charge is 0.316 e. The number of thiazole rings is 1. The van der Waals surface area contributed by atoms with E-state index in [1.54, 1.807) is 35.6 Å². The summed E-state index contributed by atoms with van der Waals surface area (Å²) in [5.41, 5.74) is 2.80. The van der Waals surface area contributed by atoms with E-state index < -0.39 is 0 Å². The normalized spacial score (nSPS) is 11.8. The Morgan fingerprint density at radius 1 is 1.12 bits per heavy atom. The molecule has 0 aliphatic rings. The van der Waals surface area contributed by atoms with Crippen molar-refractivity contribution in [1.29, 1.82) is 0 Å². The van der Waals surface area contributed by atoms with Gasteiger partial charge in [0, 0.05) is 26.5 Å². The fourth-order valence-electron chi connectivity index (χ4n) is 2.74. The molecule has 0 saturated carbocycles. The molecule has 134 valence electrons. The monoisotopic (exact) mass is 448 g/mol. The molecular formula is C20H18BrClN2OS. The molecule has 0 N–H and O–H groups in total. The van der Waals surface area contributed by atoms with Gasteiger partial charge in [0.15, 0.2) is 4.80 Å². The van der Waals surface area contributed by atoms with E-state index in [0.717, 1.165) is 33.5 Å². The molecule has 1 amide bonds. The lowest BCUT2D eigenvalue weighted by Gasteiger charge is -2.08. The van der Waals surface area contributed by atoms with E-state index in [0.29, 0.717) is 10.6 Å². The number of hydrogen-bond acceptors (Lipinski definition) is 2. The highest BCUT2D eigenvalue weighted by molar-refractivity contribution is 9.10. The molecule has 3 aromatic rings. The van der Waals surface area contributed by atoms with Crippen LogP contribution in [0.2, 0.25) is 5.02 Å². The van der Waals surface area contributed by atoms with Crippen LogP contribution in [-0.4, -0.2) is 10.5 Å². The summed E-state index contributed by atoms with van der Waals surface area (Å²) in [4.78, 5) is 18.9. The minimum atomic E-state index is -0.255. The molecule has 1 aromatic heterocycles. The second-order valence-corrected chi connectivity index (χ2v) is 8.10. The lowest BCUT2D eigenvalue weighted by Crippen LogP contribution is -2.17. The van der Waals surface area contributed by atoms with Crippen LogP contribution in [0.25, 0.3) is 11.3 Å². The maximum absolute atomic E-state index is 12.6. The zero-order valence-corrected chi connectivity index (χ0v) is 17.7. The van der Waals surface area contributed by atoms with E-state index in [2.05, 4.69) is 51.5 Å². The van der Waals surface area contributed by atoms with Crippen LogP contribution in [0.15, 0.2) is 58.0 Å². The lowest BCUT2D eigenvalue weighted by molar-refractivity contribution is 0.0998. The molecule has 2 aromatic carbocycles. The minimum absolute atomic E-state index is 0.255. The predicted octanol–water partition coefficient (Wildman–Crippen LogP) is 5.96. The molecule has 0 unspecified atom stereocenters. The Hall–Kier alpha value is -1.69. The first kappa shape index (κ1) is 19.1. The summed E-state index contributed by atoms with van der Waals surface area (Å²) in [6, 6.07) is 15.0. The van der Waals surface area contributed by atoms with E-state index in [1.165, 1.54) is 4.88 Å². The van der Waals surface area contributed by atoms with Gasteiger partial charge in [-0.3, -0.25) is 4.79 Å². The maximum Gasteiger partial charge on any atom is 0.279 e. The number of aryl methyl sites for hydroxylation is 1. The topological polar surface area (TPSA) is 34.4 Å². The smallest absolute Gasteiger partial charge is 0.279 e. The highest BCUT2D eigenvalue weighted by atomic mass is 79.9. The number of aromatic nitrogens is 1. The minimum Gasteiger partial charge on any atom is -0.316 e. The fraction of sp³-hybridized carbons (Fsp3) is 0.200. The highest BCUT2D eigenvalue weighted by Gasteiger charge is 2.15. The van der Waals surface area contributed by atoms with Crippen molar-refractivity contribution in [2.75, 3.05) is 0 Å². The van der Waals surface area contributed by atoms with Gasteiger partial charge in [0.25, 0.3) is 5.91 Å². The van der Waals surface area contributed by atoms with Gasteiger partial charge in [0.05, 0.1) is 5.69 Å². The zero-order valence-electron chi connectivity index (χ0n) is 14.5. The molecule has 1 heterocycles. The molecule has 3 rings (SSSR count). The highest BCUT2D eigenvalue weighted by Crippen LogP contribution is 2.28. The SMILES string of the molecule is CCc1sc(=NC(=O)c2ccc(Cl)cc2)n(CC)c1-c1ccc(Br)cc1. The Bertz CT molecular complexity index is 988. The molecule has 0 aliphatic carbocycles. The van der Waals surface area contributed by atoms with Crippen molar-refractivity contribution in [2.45, 2.75) is 26.8 Å². The van der Waals surface area contributed by atoms with Crippen molar-refractivity contribution >= 4 is 44.8 Å². The number of carbonyl (C=O) groups excluding carboxylic acids is 1. The average molecular weight is 450 g/mol. The molecule has 0 radical (unpaired) electrons.